The lowest BCUT2D eigenvalue weighted by Gasteiger charge is -2.34. The third kappa shape index (κ3) is 4.18. The molecule has 0 unspecified atom stereocenters. The van der Waals surface area contributed by atoms with Crippen LogP contribution in [-0.4, -0.2) is 56.2 Å². The van der Waals surface area contributed by atoms with Gasteiger partial charge in [0.1, 0.15) is 5.82 Å². The van der Waals surface area contributed by atoms with Gasteiger partial charge in [0.25, 0.3) is 5.91 Å². The third-order valence-corrected chi connectivity index (χ3v) is 7.51. The van der Waals surface area contributed by atoms with E-state index in [-0.39, 0.29) is 24.0 Å². The fourth-order valence-corrected chi connectivity index (χ4v) is 5.20. The molecule has 1 N–H and O–H groups in total. The predicted molar refractivity (Wildman–Crippen MR) is 129 cm³/mol. The normalized spacial score (nSPS) is 23.5. The van der Waals surface area contributed by atoms with Gasteiger partial charge in [-0.3, -0.25) is 4.79 Å². The van der Waals surface area contributed by atoms with E-state index in [4.69, 9.17) is 33.3 Å². The van der Waals surface area contributed by atoms with E-state index < -0.39 is 0 Å². The molecular formula is C24H27Cl2N5O2. The Morgan fingerprint density at radius 3 is 2.70 bits per heavy atom. The average Bonchev–Trinajstić information content (AvgIpc) is 3.36. The van der Waals surface area contributed by atoms with E-state index in [9.17, 15) is 9.90 Å². The van der Waals surface area contributed by atoms with Gasteiger partial charge in [-0.1, -0.05) is 30.1 Å². The van der Waals surface area contributed by atoms with Gasteiger partial charge >= 0.3 is 0 Å². The van der Waals surface area contributed by atoms with E-state index in [1.54, 1.807) is 22.7 Å². The van der Waals surface area contributed by atoms with E-state index in [1.807, 2.05) is 24.1 Å². The highest BCUT2D eigenvalue weighted by atomic mass is 35.5. The number of hydrogen-bond donors (Lipinski definition) is 1. The Balaban J connectivity index is 1.46. The number of fused-ring (bicyclic) bond motifs is 1. The van der Waals surface area contributed by atoms with Gasteiger partial charge in [-0.15, -0.1) is 0 Å². The molecule has 2 aliphatic rings. The molecule has 0 radical (unpaired) electrons. The molecule has 1 aromatic carbocycles. The molecular weight excluding hydrogens is 461 g/mol. The van der Waals surface area contributed by atoms with E-state index in [1.165, 1.54) is 0 Å². The highest BCUT2D eigenvalue weighted by Crippen LogP contribution is 2.34. The summed E-state index contributed by atoms with van der Waals surface area (Å²) in [5.74, 6) is 1.02. The minimum Gasteiger partial charge on any atom is -0.391 e. The van der Waals surface area contributed by atoms with Gasteiger partial charge in [0.15, 0.2) is 5.65 Å². The lowest BCUT2D eigenvalue weighted by atomic mass is 9.98. The maximum absolute atomic E-state index is 13.3. The summed E-state index contributed by atoms with van der Waals surface area (Å²) in [6, 6.07) is 6.86. The molecule has 2 saturated heterocycles. The Kier molecular flexibility index (Phi) is 5.97. The molecule has 0 spiro atoms. The number of aliphatic hydroxyl groups excluding tert-OH is 1. The van der Waals surface area contributed by atoms with E-state index in [2.05, 4.69) is 11.8 Å². The van der Waals surface area contributed by atoms with Crippen LogP contribution >= 0.6 is 23.2 Å². The molecule has 4 heterocycles. The second-order valence-electron chi connectivity index (χ2n) is 9.21. The molecule has 2 aliphatic heterocycles. The summed E-state index contributed by atoms with van der Waals surface area (Å²) in [5.41, 5.74) is 3.11. The first-order valence-electron chi connectivity index (χ1n) is 11.4. The molecule has 3 atom stereocenters. The van der Waals surface area contributed by atoms with Crippen molar-refractivity contribution in [1.82, 2.24) is 19.5 Å². The van der Waals surface area contributed by atoms with Crippen LogP contribution in [0.3, 0.4) is 0 Å². The second-order valence-corrected chi connectivity index (χ2v) is 10.0. The molecule has 5 rings (SSSR count). The van der Waals surface area contributed by atoms with Gasteiger partial charge in [-0.25, -0.2) is 9.50 Å². The molecule has 7 nitrogen and oxygen atoms in total. The van der Waals surface area contributed by atoms with Crippen LogP contribution in [0.2, 0.25) is 10.0 Å². The highest BCUT2D eigenvalue weighted by Gasteiger charge is 2.32. The SMILES string of the molecule is Cc1cn2nc([C@@H]3CCCCN3C(=O)c3ccc(Cl)c(Cl)c3)cc2nc1N1C[C@@H](C)[C@@H](O)C1. The number of piperidine rings is 1. The number of nitrogens with zero attached hydrogens (tertiary/aromatic N) is 5. The largest absolute Gasteiger partial charge is 0.391 e. The first-order valence-corrected chi connectivity index (χ1v) is 12.1. The van der Waals surface area contributed by atoms with Crippen LogP contribution < -0.4 is 4.90 Å². The number of aromatic nitrogens is 3. The Labute approximate surface area is 202 Å². The lowest BCUT2D eigenvalue weighted by Crippen LogP contribution is -2.38. The number of anilines is 1. The number of carbonyl (C=O) groups excluding carboxylic acids is 1. The smallest absolute Gasteiger partial charge is 0.254 e. The van der Waals surface area contributed by atoms with Crippen molar-refractivity contribution in [2.75, 3.05) is 24.5 Å². The van der Waals surface area contributed by atoms with Crippen molar-refractivity contribution in [2.45, 2.75) is 45.3 Å². The fourth-order valence-electron chi connectivity index (χ4n) is 4.90. The Morgan fingerprint density at radius 2 is 1.97 bits per heavy atom. The van der Waals surface area contributed by atoms with E-state index in [0.29, 0.717) is 28.7 Å². The summed E-state index contributed by atoms with van der Waals surface area (Å²) >= 11 is 12.2. The average molecular weight is 488 g/mol. The number of likely N-dealkylation sites (tertiary alicyclic amines) is 1. The molecule has 0 aliphatic carbocycles. The number of carbonyl (C=O) groups is 1. The monoisotopic (exact) mass is 487 g/mol. The van der Waals surface area contributed by atoms with Gasteiger partial charge in [0.2, 0.25) is 0 Å². The van der Waals surface area contributed by atoms with Gasteiger partial charge in [-0.2, -0.15) is 5.10 Å². The first-order chi connectivity index (χ1) is 15.8. The van der Waals surface area contributed by atoms with Crippen LogP contribution in [0.15, 0.2) is 30.5 Å². The zero-order valence-corrected chi connectivity index (χ0v) is 20.2. The van der Waals surface area contributed by atoms with Crippen molar-refractivity contribution in [1.29, 1.82) is 0 Å². The molecule has 0 bridgehead atoms. The van der Waals surface area contributed by atoms with Crippen LogP contribution in [0.25, 0.3) is 5.65 Å². The number of benzene rings is 1. The van der Waals surface area contributed by atoms with Crippen molar-refractivity contribution in [3.05, 3.63) is 57.3 Å². The topological polar surface area (TPSA) is 74.0 Å². The zero-order valence-electron chi connectivity index (χ0n) is 18.7. The van der Waals surface area contributed by atoms with Crippen LogP contribution in [-0.2, 0) is 0 Å². The molecule has 0 saturated carbocycles. The predicted octanol–water partition coefficient (Wildman–Crippen LogP) is 4.53. The van der Waals surface area contributed by atoms with Crippen molar-refractivity contribution < 1.29 is 9.90 Å². The summed E-state index contributed by atoms with van der Waals surface area (Å²) < 4.78 is 1.79. The Bertz CT molecular complexity index is 1200. The molecule has 1 amide bonds. The van der Waals surface area contributed by atoms with Crippen LogP contribution in [0.5, 0.6) is 0 Å². The number of hydrogen-bond acceptors (Lipinski definition) is 5. The van der Waals surface area contributed by atoms with Gasteiger partial charge in [-0.05, 0) is 44.4 Å². The number of amides is 1. The fraction of sp³-hybridized carbons (Fsp3) is 0.458. The summed E-state index contributed by atoms with van der Waals surface area (Å²) in [7, 11) is 0. The lowest BCUT2D eigenvalue weighted by molar-refractivity contribution is 0.0605. The van der Waals surface area contributed by atoms with Crippen molar-refractivity contribution in [3.8, 4) is 0 Å². The maximum Gasteiger partial charge on any atom is 0.254 e. The minimum atomic E-state index is -0.342. The molecule has 9 heteroatoms. The zero-order chi connectivity index (χ0) is 23.3. The van der Waals surface area contributed by atoms with Gasteiger partial charge in [0, 0.05) is 48.9 Å². The van der Waals surface area contributed by atoms with Crippen molar-refractivity contribution in [2.24, 2.45) is 5.92 Å². The summed E-state index contributed by atoms with van der Waals surface area (Å²) in [4.78, 5) is 22.2. The quantitative estimate of drug-likeness (QED) is 0.587. The molecule has 2 fully saturated rings. The van der Waals surface area contributed by atoms with Crippen molar-refractivity contribution >= 4 is 40.6 Å². The standard InChI is InChI=1S/C24H27Cl2N5O2/c1-14-11-29(13-21(14)32)23-15(2)12-31-22(27-23)10-19(28-31)20-5-3-4-8-30(20)24(33)16-6-7-17(25)18(26)9-16/h6-7,9-10,12,14,20-21,32H,3-5,8,11,13H2,1-2H3/t14-,20+,21+/m1/s1. The third-order valence-electron chi connectivity index (χ3n) is 6.77. The van der Waals surface area contributed by atoms with Crippen LogP contribution in [0.4, 0.5) is 5.82 Å². The Hall–Kier alpha value is -2.35. The summed E-state index contributed by atoms with van der Waals surface area (Å²) in [6.45, 7) is 6.09. The first kappa shape index (κ1) is 22.4. The Morgan fingerprint density at radius 1 is 1.15 bits per heavy atom. The molecule has 2 aromatic heterocycles. The summed E-state index contributed by atoms with van der Waals surface area (Å²) in [6.07, 6.45) is 4.47. The number of halogens is 2. The number of rotatable bonds is 3. The van der Waals surface area contributed by atoms with Crippen LogP contribution in [0.1, 0.15) is 53.8 Å². The molecule has 3 aromatic rings. The molecule has 174 valence electrons. The number of aryl methyl sites for hydroxylation is 1. The van der Waals surface area contributed by atoms with E-state index >= 15 is 0 Å². The van der Waals surface area contributed by atoms with Gasteiger partial charge < -0.3 is 14.9 Å². The highest BCUT2D eigenvalue weighted by molar-refractivity contribution is 6.42. The van der Waals surface area contributed by atoms with Crippen LogP contribution in [0, 0.1) is 12.8 Å². The molecule has 33 heavy (non-hydrogen) atoms. The summed E-state index contributed by atoms with van der Waals surface area (Å²) in [5, 5.41) is 15.8. The van der Waals surface area contributed by atoms with Crippen molar-refractivity contribution in [3.63, 3.8) is 0 Å². The maximum atomic E-state index is 13.3. The number of β-amino-alcohol motifs (C(OH)–C–C–N with tert-alkyl or cyclic N) is 1. The second kappa shape index (κ2) is 8.78. The minimum absolute atomic E-state index is 0.0693. The van der Waals surface area contributed by atoms with Gasteiger partial charge in [0.05, 0.1) is 27.9 Å². The van der Waals surface area contributed by atoms with E-state index in [0.717, 1.165) is 48.5 Å². The number of aliphatic hydroxyl groups is 1.